The van der Waals surface area contributed by atoms with E-state index in [4.69, 9.17) is 5.73 Å². The van der Waals surface area contributed by atoms with Crippen LogP contribution in [-0.2, 0) is 14.8 Å². The highest BCUT2D eigenvalue weighted by Gasteiger charge is 2.34. The van der Waals surface area contributed by atoms with Gasteiger partial charge in [-0.05, 0) is 31.2 Å². The molecule has 10 heteroatoms. The maximum absolute atomic E-state index is 13.4. The smallest absolute Gasteiger partial charge is 0.261 e. The third-order valence-electron chi connectivity index (χ3n) is 4.82. The van der Waals surface area contributed by atoms with Crippen molar-refractivity contribution < 1.29 is 13.2 Å². The summed E-state index contributed by atoms with van der Waals surface area (Å²) in [5.74, 6) is -0.157. The lowest BCUT2D eigenvalue weighted by molar-refractivity contribution is -0.129. The summed E-state index contributed by atoms with van der Waals surface area (Å²) in [4.78, 5) is 17.8. The number of hydrogen-bond acceptors (Lipinski definition) is 5. The van der Waals surface area contributed by atoms with Crippen molar-refractivity contribution in [3.8, 4) is 0 Å². The van der Waals surface area contributed by atoms with Gasteiger partial charge in [0.1, 0.15) is 0 Å². The number of carbonyl (C=O) groups is 1. The van der Waals surface area contributed by atoms with Crippen molar-refractivity contribution in [1.82, 2.24) is 14.2 Å². The van der Waals surface area contributed by atoms with Gasteiger partial charge in [-0.1, -0.05) is 24.3 Å². The van der Waals surface area contributed by atoms with Crippen molar-refractivity contribution in [2.24, 2.45) is 5.73 Å². The topological polar surface area (TPSA) is 96.6 Å². The molecule has 1 aromatic carbocycles. The van der Waals surface area contributed by atoms with E-state index in [1.807, 2.05) is 32.0 Å². The molecule has 156 valence electrons. The first kappa shape index (κ1) is 24.6. The summed E-state index contributed by atoms with van der Waals surface area (Å²) in [5.41, 5.74) is 6.39. The number of aryl methyl sites for hydroxylation is 1. The normalized spacial score (nSPS) is 18.1. The molecule has 1 saturated heterocycles. The van der Waals surface area contributed by atoms with Crippen LogP contribution in [0.4, 0.5) is 0 Å². The van der Waals surface area contributed by atoms with Gasteiger partial charge in [0, 0.05) is 37.3 Å². The van der Waals surface area contributed by atoms with Gasteiger partial charge in [-0.25, -0.2) is 13.4 Å². The number of fused-ring (bicyclic) bond motifs is 1. The van der Waals surface area contributed by atoms with Gasteiger partial charge in [0.25, 0.3) is 10.0 Å². The van der Waals surface area contributed by atoms with Crippen molar-refractivity contribution in [1.29, 1.82) is 0 Å². The van der Waals surface area contributed by atoms with E-state index in [1.54, 1.807) is 17.2 Å². The fraction of sp³-hybridized carbons (Fsp3) is 0.444. The number of halogens is 2. The zero-order valence-corrected chi connectivity index (χ0v) is 18.3. The van der Waals surface area contributed by atoms with Crippen LogP contribution in [0.25, 0.3) is 10.8 Å². The van der Waals surface area contributed by atoms with Crippen molar-refractivity contribution >= 4 is 51.5 Å². The van der Waals surface area contributed by atoms with Crippen LogP contribution in [0.1, 0.15) is 18.9 Å². The van der Waals surface area contributed by atoms with Crippen LogP contribution in [0.5, 0.6) is 0 Å². The van der Waals surface area contributed by atoms with E-state index in [-0.39, 0.29) is 48.3 Å². The second-order valence-electron chi connectivity index (χ2n) is 6.65. The number of benzene rings is 1. The van der Waals surface area contributed by atoms with E-state index >= 15 is 0 Å². The minimum Gasteiger partial charge on any atom is -0.340 e. The Kier molecular flexibility index (Phi) is 8.64. The number of carbonyl (C=O) groups excluding carboxylic acids is 1. The molecule has 0 spiro atoms. The Morgan fingerprint density at radius 2 is 1.86 bits per heavy atom. The molecule has 1 aliphatic heterocycles. The maximum Gasteiger partial charge on any atom is 0.261 e. The molecule has 0 bridgehead atoms. The lowest BCUT2D eigenvalue weighted by atomic mass is 10.1. The number of nitrogens with zero attached hydrogens (tertiary/aromatic N) is 3. The molecule has 1 atom stereocenters. The fourth-order valence-corrected chi connectivity index (χ4v) is 5.25. The Morgan fingerprint density at radius 3 is 2.50 bits per heavy atom. The third kappa shape index (κ3) is 4.58. The second-order valence-corrected chi connectivity index (χ2v) is 8.46. The SMILES string of the molecule is Cc1cnc(S(=O)(=O)N2CCCN(C(=O)CN)C[C@@H]2C)c2ccccc12.Cl.Cl. The number of aromatic nitrogens is 1. The molecule has 1 aliphatic rings. The minimum absolute atomic E-state index is 0. The zero-order valence-electron chi connectivity index (χ0n) is 15.9. The summed E-state index contributed by atoms with van der Waals surface area (Å²) >= 11 is 0. The summed E-state index contributed by atoms with van der Waals surface area (Å²) in [6.45, 7) is 4.85. The van der Waals surface area contributed by atoms with Crippen LogP contribution in [-0.4, -0.2) is 60.7 Å². The van der Waals surface area contributed by atoms with E-state index in [0.717, 1.165) is 10.9 Å². The highest BCUT2D eigenvalue weighted by atomic mass is 35.5. The predicted octanol–water partition coefficient (Wildman–Crippen LogP) is 1.96. The van der Waals surface area contributed by atoms with Crippen LogP contribution < -0.4 is 5.73 Å². The number of amides is 1. The van der Waals surface area contributed by atoms with E-state index in [2.05, 4.69) is 4.98 Å². The summed E-state index contributed by atoms with van der Waals surface area (Å²) in [6, 6.07) is 7.04. The molecule has 2 N–H and O–H groups in total. The average Bonchev–Trinajstić information content (AvgIpc) is 2.83. The van der Waals surface area contributed by atoms with Gasteiger partial charge in [0.05, 0.1) is 6.54 Å². The summed E-state index contributed by atoms with van der Waals surface area (Å²) in [5, 5.41) is 1.58. The number of hydrogen-bond donors (Lipinski definition) is 1. The second kappa shape index (κ2) is 9.84. The summed E-state index contributed by atoms with van der Waals surface area (Å²) < 4.78 is 28.2. The molecule has 0 saturated carbocycles. The van der Waals surface area contributed by atoms with Gasteiger partial charge in [-0.15, -0.1) is 24.8 Å². The first-order chi connectivity index (χ1) is 12.4. The maximum atomic E-state index is 13.4. The third-order valence-corrected chi connectivity index (χ3v) is 6.79. The lowest BCUT2D eigenvalue weighted by Crippen LogP contribution is -2.45. The molecular weight excluding hydrogens is 423 g/mol. The molecule has 28 heavy (non-hydrogen) atoms. The highest BCUT2D eigenvalue weighted by Crippen LogP contribution is 2.28. The molecule has 0 aliphatic carbocycles. The molecule has 2 heterocycles. The monoisotopic (exact) mass is 448 g/mol. The summed E-state index contributed by atoms with van der Waals surface area (Å²) in [7, 11) is -3.78. The molecule has 2 aromatic rings. The van der Waals surface area contributed by atoms with Crippen molar-refractivity contribution in [2.45, 2.75) is 31.3 Å². The van der Waals surface area contributed by atoms with E-state index in [9.17, 15) is 13.2 Å². The Bertz CT molecular complexity index is 940. The first-order valence-corrected chi connectivity index (χ1v) is 10.1. The molecule has 1 aromatic heterocycles. The molecule has 0 radical (unpaired) electrons. The van der Waals surface area contributed by atoms with Gasteiger partial charge in [0.2, 0.25) is 5.91 Å². The number of nitrogens with two attached hydrogens (primary N) is 1. The van der Waals surface area contributed by atoms with Crippen molar-refractivity contribution in [2.75, 3.05) is 26.2 Å². The van der Waals surface area contributed by atoms with Crippen molar-refractivity contribution in [3.05, 3.63) is 36.0 Å². The van der Waals surface area contributed by atoms with E-state index in [0.29, 0.717) is 31.4 Å². The fourth-order valence-electron chi connectivity index (χ4n) is 3.48. The van der Waals surface area contributed by atoms with Gasteiger partial charge >= 0.3 is 0 Å². The van der Waals surface area contributed by atoms with Gasteiger partial charge < -0.3 is 10.6 Å². The predicted molar refractivity (Wildman–Crippen MR) is 115 cm³/mol. The molecule has 0 unspecified atom stereocenters. The Labute approximate surface area is 178 Å². The van der Waals surface area contributed by atoms with Crippen LogP contribution in [0.2, 0.25) is 0 Å². The zero-order chi connectivity index (χ0) is 18.9. The minimum atomic E-state index is -3.78. The number of sulfonamides is 1. The quantitative estimate of drug-likeness (QED) is 0.773. The van der Waals surface area contributed by atoms with Crippen LogP contribution in [0.3, 0.4) is 0 Å². The Balaban J connectivity index is 0.00000196. The largest absolute Gasteiger partial charge is 0.340 e. The molecular formula is C18H26Cl2N4O3S. The van der Waals surface area contributed by atoms with Gasteiger partial charge in [-0.3, -0.25) is 4.79 Å². The van der Waals surface area contributed by atoms with Gasteiger partial charge in [-0.2, -0.15) is 4.31 Å². The molecule has 1 amide bonds. The van der Waals surface area contributed by atoms with Crippen LogP contribution in [0, 0.1) is 6.92 Å². The highest BCUT2D eigenvalue weighted by molar-refractivity contribution is 7.89. The standard InChI is InChI=1S/C18H24N4O3S.2ClH/c1-13-11-20-18(16-7-4-3-6-15(13)16)26(24,25)22-9-5-8-21(12-14(22)2)17(23)10-19;;/h3-4,6-7,11,14H,5,8-10,12,19H2,1-2H3;2*1H/t14-;;/m0../s1. The Hall–Kier alpha value is -1.45. The molecule has 7 nitrogen and oxygen atoms in total. The first-order valence-electron chi connectivity index (χ1n) is 8.70. The molecule has 1 fully saturated rings. The summed E-state index contributed by atoms with van der Waals surface area (Å²) in [6.07, 6.45) is 2.17. The lowest BCUT2D eigenvalue weighted by Gasteiger charge is -2.28. The average molecular weight is 449 g/mol. The van der Waals surface area contributed by atoms with Crippen LogP contribution >= 0.6 is 24.8 Å². The van der Waals surface area contributed by atoms with E-state index in [1.165, 1.54) is 4.31 Å². The number of pyridine rings is 1. The van der Waals surface area contributed by atoms with Crippen LogP contribution in [0.15, 0.2) is 35.5 Å². The van der Waals surface area contributed by atoms with Gasteiger partial charge in [0.15, 0.2) is 5.03 Å². The molecule has 3 rings (SSSR count). The van der Waals surface area contributed by atoms with E-state index < -0.39 is 10.0 Å². The number of rotatable bonds is 3. The Morgan fingerprint density at radius 1 is 1.21 bits per heavy atom. The van der Waals surface area contributed by atoms with Crippen molar-refractivity contribution in [3.63, 3.8) is 0 Å².